The van der Waals surface area contributed by atoms with Crippen LogP contribution in [0.2, 0.25) is 0 Å². The molecular formula is C62H45NO. The minimum atomic E-state index is -0.543. The Morgan fingerprint density at radius 3 is 1.72 bits per heavy atom. The Labute approximate surface area is 374 Å². The van der Waals surface area contributed by atoms with Gasteiger partial charge in [0.1, 0.15) is 11.2 Å². The minimum absolute atomic E-state index is 0.348. The van der Waals surface area contributed by atoms with Crippen LogP contribution < -0.4 is 4.90 Å². The van der Waals surface area contributed by atoms with Crippen molar-refractivity contribution >= 4 is 49.8 Å². The summed E-state index contributed by atoms with van der Waals surface area (Å²) in [6.07, 6.45) is 0. The van der Waals surface area contributed by atoms with Gasteiger partial charge >= 0.3 is 0 Å². The van der Waals surface area contributed by atoms with Gasteiger partial charge in [0, 0.05) is 27.8 Å². The summed E-state index contributed by atoms with van der Waals surface area (Å²) in [6.45, 7) is 4.63. The highest BCUT2D eigenvalue weighted by Crippen LogP contribution is 2.59. The van der Waals surface area contributed by atoms with Crippen molar-refractivity contribution in [3.05, 3.63) is 258 Å². The number of nitrogens with zero attached hydrogens (tertiary/aromatic N) is 1. The van der Waals surface area contributed by atoms with Gasteiger partial charge in [-0.05, 0) is 126 Å². The molecule has 0 radical (unpaired) electrons. The van der Waals surface area contributed by atoms with E-state index in [9.17, 15) is 0 Å². The standard InChI is InChI=1S/C62H45NO/c1-41(2)50-26-16-27-56-61(50)54-37-34-49(40-57(54)62(56,45-20-8-4-9-21-45)46-22-10-5-11-23-46)63(48-35-38-59-55(39-48)53-25-14-15-28-58(53)64-59)47-32-29-43(30-33-47)52-36-31-42-17-12-13-24-51(42)60(52)44-18-6-3-7-19-44/h3-41H,1-2H3. The Balaban J connectivity index is 1.10. The molecule has 1 aliphatic carbocycles. The first-order valence-electron chi connectivity index (χ1n) is 22.4. The fourth-order valence-corrected chi connectivity index (χ4v) is 10.7. The molecule has 2 heteroatoms. The van der Waals surface area contributed by atoms with Crippen molar-refractivity contribution in [3.8, 4) is 33.4 Å². The molecule has 0 amide bonds. The third-order valence-corrected chi connectivity index (χ3v) is 13.5. The molecule has 12 rings (SSSR count). The molecule has 0 saturated carbocycles. The fraction of sp³-hybridized carbons (Fsp3) is 0.0645. The van der Waals surface area contributed by atoms with E-state index in [1.165, 1.54) is 72.0 Å². The van der Waals surface area contributed by atoms with Crippen LogP contribution in [0.15, 0.2) is 235 Å². The van der Waals surface area contributed by atoms with Crippen LogP contribution in [0.4, 0.5) is 17.1 Å². The SMILES string of the molecule is CC(C)c1cccc2c1-c1ccc(N(c3ccc(-c4ccc5ccccc5c4-c4ccccc4)cc3)c3ccc4oc5ccccc5c4c3)cc1C2(c1ccccc1)c1ccccc1. The van der Waals surface area contributed by atoms with E-state index >= 15 is 0 Å². The van der Waals surface area contributed by atoms with Crippen molar-refractivity contribution in [2.45, 2.75) is 25.2 Å². The molecule has 0 saturated heterocycles. The first-order chi connectivity index (χ1) is 31.6. The monoisotopic (exact) mass is 819 g/mol. The molecule has 0 spiro atoms. The number of furan rings is 1. The van der Waals surface area contributed by atoms with Crippen molar-refractivity contribution in [3.63, 3.8) is 0 Å². The van der Waals surface area contributed by atoms with Gasteiger partial charge < -0.3 is 9.32 Å². The summed E-state index contributed by atoms with van der Waals surface area (Å²) in [5.41, 5.74) is 18.4. The number of hydrogen-bond donors (Lipinski definition) is 0. The zero-order valence-corrected chi connectivity index (χ0v) is 35.9. The highest BCUT2D eigenvalue weighted by Gasteiger charge is 2.47. The second kappa shape index (κ2) is 15.1. The molecule has 1 heterocycles. The average molecular weight is 820 g/mol. The zero-order valence-electron chi connectivity index (χ0n) is 35.9. The molecule has 0 unspecified atom stereocenters. The molecule has 0 atom stereocenters. The Bertz CT molecular complexity index is 3470. The van der Waals surface area contributed by atoms with Crippen LogP contribution in [0.25, 0.3) is 66.1 Å². The largest absolute Gasteiger partial charge is 0.456 e. The summed E-state index contributed by atoms with van der Waals surface area (Å²) in [5.74, 6) is 0.348. The highest BCUT2D eigenvalue weighted by atomic mass is 16.3. The number of hydrogen-bond acceptors (Lipinski definition) is 2. The topological polar surface area (TPSA) is 16.4 Å². The van der Waals surface area contributed by atoms with Gasteiger partial charge in [0.25, 0.3) is 0 Å². The molecule has 304 valence electrons. The van der Waals surface area contributed by atoms with E-state index in [4.69, 9.17) is 4.42 Å². The second-order valence-corrected chi connectivity index (χ2v) is 17.4. The van der Waals surface area contributed by atoms with Crippen LogP contribution >= 0.6 is 0 Å². The van der Waals surface area contributed by atoms with E-state index in [1.807, 2.05) is 6.07 Å². The summed E-state index contributed by atoms with van der Waals surface area (Å²) in [7, 11) is 0. The van der Waals surface area contributed by atoms with E-state index in [0.717, 1.165) is 39.0 Å². The van der Waals surface area contributed by atoms with Crippen LogP contribution in [-0.4, -0.2) is 0 Å². The van der Waals surface area contributed by atoms with Gasteiger partial charge in [-0.15, -0.1) is 0 Å². The maximum absolute atomic E-state index is 6.38. The quantitative estimate of drug-likeness (QED) is 0.152. The first-order valence-corrected chi connectivity index (χ1v) is 22.4. The third-order valence-electron chi connectivity index (χ3n) is 13.5. The van der Waals surface area contributed by atoms with Gasteiger partial charge in [-0.3, -0.25) is 0 Å². The molecule has 2 nitrogen and oxygen atoms in total. The Hall–Kier alpha value is -7.94. The van der Waals surface area contributed by atoms with Gasteiger partial charge in [0.05, 0.1) is 5.41 Å². The smallest absolute Gasteiger partial charge is 0.135 e. The van der Waals surface area contributed by atoms with Crippen LogP contribution in [-0.2, 0) is 5.41 Å². The molecule has 64 heavy (non-hydrogen) atoms. The maximum Gasteiger partial charge on any atom is 0.135 e. The van der Waals surface area contributed by atoms with Crippen molar-refractivity contribution in [1.29, 1.82) is 0 Å². The summed E-state index contributed by atoms with van der Waals surface area (Å²) >= 11 is 0. The Kier molecular flexibility index (Phi) is 8.95. The lowest BCUT2D eigenvalue weighted by molar-refractivity contribution is 0.669. The summed E-state index contributed by atoms with van der Waals surface area (Å²) in [6, 6.07) is 84.5. The number of fused-ring (bicyclic) bond motifs is 7. The lowest BCUT2D eigenvalue weighted by atomic mass is 9.67. The van der Waals surface area contributed by atoms with Crippen LogP contribution in [0.5, 0.6) is 0 Å². The van der Waals surface area contributed by atoms with E-state index < -0.39 is 5.41 Å². The van der Waals surface area contributed by atoms with Gasteiger partial charge in [0.2, 0.25) is 0 Å². The van der Waals surface area contributed by atoms with E-state index in [0.29, 0.717) is 5.92 Å². The molecular weight excluding hydrogens is 775 g/mol. The average Bonchev–Trinajstić information content (AvgIpc) is 3.88. The number of anilines is 3. The van der Waals surface area contributed by atoms with E-state index in [2.05, 4.69) is 243 Å². The first kappa shape index (κ1) is 37.8. The lowest BCUT2D eigenvalue weighted by Crippen LogP contribution is -2.28. The van der Waals surface area contributed by atoms with Crippen LogP contribution in [0, 0.1) is 0 Å². The van der Waals surface area contributed by atoms with Crippen LogP contribution in [0.1, 0.15) is 47.6 Å². The maximum atomic E-state index is 6.38. The zero-order chi connectivity index (χ0) is 42.8. The van der Waals surface area contributed by atoms with E-state index in [-0.39, 0.29) is 0 Å². The molecule has 0 N–H and O–H groups in total. The molecule has 1 aliphatic rings. The fourth-order valence-electron chi connectivity index (χ4n) is 10.7. The molecule has 10 aromatic carbocycles. The second-order valence-electron chi connectivity index (χ2n) is 17.4. The van der Waals surface area contributed by atoms with Gasteiger partial charge in [0.15, 0.2) is 0 Å². The molecule has 11 aromatic rings. The lowest BCUT2D eigenvalue weighted by Gasteiger charge is -2.35. The number of rotatable bonds is 8. The van der Waals surface area contributed by atoms with Crippen molar-refractivity contribution in [2.75, 3.05) is 4.90 Å². The van der Waals surface area contributed by atoms with Crippen molar-refractivity contribution in [2.24, 2.45) is 0 Å². The summed E-state index contributed by atoms with van der Waals surface area (Å²) in [4.78, 5) is 2.43. The third kappa shape index (κ3) is 5.87. The van der Waals surface area contributed by atoms with Crippen molar-refractivity contribution < 1.29 is 4.42 Å². The van der Waals surface area contributed by atoms with Crippen LogP contribution in [0.3, 0.4) is 0 Å². The predicted octanol–water partition coefficient (Wildman–Crippen LogP) is 17.0. The number of benzene rings is 10. The molecule has 0 aliphatic heterocycles. The molecule has 1 aromatic heterocycles. The van der Waals surface area contributed by atoms with Gasteiger partial charge in [-0.25, -0.2) is 0 Å². The van der Waals surface area contributed by atoms with Gasteiger partial charge in [-0.2, -0.15) is 0 Å². The highest BCUT2D eigenvalue weighted by molar-refractivity contribution is 6.07. The van der Waals surface area contributed by atoms with Gasteiger partial charge in [-0.1, -0.05) is 196 Å². The number of para-hydroxylation sites is 1. The molecule has 0 fully saturated rings. The normalized spacial score (nSPS) is 12.8. The van der Waals surface area contributed by atoms with Crippen molar-refractivity contribution in [1.82, 2.24) is 0 Å². The Morgan fingerprint density at radius 2 is 0.984 bits per heavy atom. The van der Waals surface area contributed by atoms with E-state index in [1.54, 1.807) is 0 Å². The minimum Gasteiger partial charge on any atom is -0.456 e. The molecule has 0 bridgehead atoms. The Morgan fingerprint density at radius 1 is 0.391 bits per heavy atom. The summed E-state index contributed by atoms with van der Waals surface area (Å²) in [5, 5.41) is 4.68. The summed E-state index contributed by atoms with van der Waals surface area (Å²) < 4.78 is 6.38. The predicted molar refractivity (Wildman–Crippen MR) is 268 cm³/mol.